The molecule has 0 aliphatic carbocycles. The number of thioether (sulfide) groups is 1. The van der Waals surface area contributed by atoms with Gasteiger partial charge in [-0.3, -0.25) is 0 Å². The van der Waals surface area contributed by atoms with E-state index in [2.05, 4.69) is 0 Å². The van der Waals surface area contributed by atoms with Gasteiger partial charge in [-0.1, -0.05) is 54.6 Å². The summed E-state index contributed by atoms with van der Waals surface area (Å²) in [5.74, 6) is 0.634. The van der Waals surface area contributed by atoms with E-state index in [0.717, 1.165) is 4.90 Å². The Bertz CT molecular complexity index is 1040. The summed E-state index contributed by atoms with van der Waals surface area (Å²) in [6.07, 6.45) is 0.497. The van der Waals surface area contributed by atoms with Crippen LogP contribution in [0.4, 0.5) is 0 Å². The van der Waals surface area contributed by atoms with Crippen molar-refractivity contribution < 1.29 is 16.8 Å². The lowest BCUT2D eigenvalue weighted by molar-refractivity contribution is 0.568. The predicted octanol–water partition coefficient (Wildman–Crippen LogP) is 4.83. The fraction of sp³-hybridized carbons (Fsp3) is 0.182. The largest absolute Gasteiger partial charge is 0.222 e. The number of sulfone groups is 2. The molecule has 0 unspecified atom stereocenters. The van der Waals surface area contributed by atoms with Gasteiger partial charge in [0.25, 0.3) is 0 Å². The first-order valence-electron chi connectivity index (χ1n) is 9.18. The molecule has 0 saturated carbocycles. The molecule has 3 aromatic carbocycles. The van der Waals surface area contributed by atoms with Crippen LogP contribution in [0.5, 0.6) is 0 Å². The summed E-state index contributed by atoms with van der Waals surface area (Å²) in [5, 5.41) is 0. The number of benzene rings is 3. The number of hydrogen-bond donors (Lipinski definition) is 0. The van der Waals surface area contributed by atoms with Gasteiger partial charge >= 0.3 is 0 Å². The Balaban J connectivity index is 1.86. The Morgan fingerprint density at radius 2 is 1.03 bits per heavy atom. The zero-order valence-electron chi connectivity index (χ0n) is 15.7. The van der Waals surface area contributed by atoms with Gasteiger partial charge in [0.1, 0.15) is 0 Å². The van der Waals surface area contributed by atoms with E-state index in [1.165, 1.54) is 24.3 Å². The standard InChI is InChI=1S/C22H22O4S3/c23-28(24,20-13-6-2-7-14-20)22(29(25,26)21-15-8-3-9-16-21)17-10-18-27-19-11-4-1-5-12-19/h1-9,11-16,22H,10,17-18H2. The Kier molecular flexibility index (Phi) is 7.16. The normalized spacial score (nSPS) is 12.2. The van der Waals surface area contributed by atoms with Gasteiger partial charge in [-0.05, 0) is 55.0 Å². The molecule has 3 rings (SSSR count). The van der Waals surface area contributed by atoms with Crippen LogP contribution >= 0.6 is 11.8 Å². The monoisotopic (exact) mass is 446 g/mol. The molecule has 3 aromatic rings. The molecule has 0 saturated heterocycles. The van der Waals surface area contributed by atoms with Crippen molar-refractivity contribution >= 4 is 31.4 Å². The fourth-order valence-electron chi connectivity index (χ4n) is 2.96. The van der Waals surface area contributed by atoms with Crippen molar-refractivity contribution in [3.8, 4) is 0 Å². The smallest absolute Gasteiger partial charge is 0.195 e. The van der Waals surface area contributed by atoms with E-state index in [1.807, 2.05) is 30.3 Å². The van der Waals surface area contributed by atoms with E-state index in [9.17, 15) is 16.8 Å². The van der Waals surface area contributed by atoms with Crippen LogP contribution in [0, 0.1) is 0 Å². The van der Waals surface area contributed by atoms with E-state index in [0.29, 0.717) is 12.2 Å². The van der Waals surface area contributed by atoms with Crippen LogP contribution in [0.25, 0.3) is 0 Å². The molecular formula is C22H22O4S3. The van der Waals surface area contributed by atoms with E-state index < -0.39 is 24.3 Å². The van der Waals surface area contributed by atoms with Crippen molar-refractivity contribution in [3.63, 3.8) is 0 Å². The van der Waals surface area contributed by atoms with Crippen LogP contribution in [0.15, 0.2) is 106 Å². The molecule has 0 fully saturated rings. The second kappa shape index (κ2) is 9.61. The minimum atomic E-state index is -4.05. The Hall–Kier alpha value is -2.09. The van der Waals surface area contributed by atoms with Crippen LogP contribution in [-0.2, 0) is 19.7 Å². The summed E-state index contributed by atoms with van der Waals surface area (Å²) in [4.78, 5) is 1.13. The molecule has 29 heavy (non-hydrogen) atoms. The predicted molar refractivity (Wildman–Crippen MR) is 117 cm³/mol. The molecule has 152 valence electrons. The van der Waals surface area contributed by atoms with Crippen molar-refractivity contribution in [1.82, 2.24) is 0 Å². The lowest BCUT2D eigenvalue weighted by Crippen LogP contribution is -2.31. The molecule has 0 spiro atoms. The van der Waals surface area contributed by atoms with Gasteiger partial charge in [0.05, 0.1) is 9.79 Å². The SMILES string of the molecule is O=S(=O)(c1ccccc1)C(CCCSc1ccccc1)S(=O)(=O)c1ccccc1. The van der Waals surface area contributed by atoms with Crippen molar-refractivity contribution in [2.24, 2.45) is 0 Å². The maximum Gasteiger partial charge on any atom is 0.195 e. The molecule has 0 radical (unpaired) electrons. The van der Waals surface area contributed by atoms with Gasteiger partial charge in [0.2, 0.25) is 0 Å². The van der Waals surface area contributed by atoms with Gasteiger partial charge in [0, 0.05) is 4.90 Å². The van der Waals surface area contributed by atoms with Crippen LogP contribution in [0.1, 0.15) is 12.8 Å². The summed E-state index contributed by atoms with van der Waals surface area (Å²) in [6.45, 7) is 0. The highest BCUT2D eigenvalue weighted by molar-refractivity contribution is 8.09. The Morgan fingerprint density at radius 1 is 0.621 bits per heavy atom. The van der Waals surface area contributed by atoms with Gasteiger partial charge in [-0.2, -0.15) is 0 Å². The first kappa shape index (κ1) is 21.6. The van der Waals surface area contributed by atoms with Gasteiger partial charge < -0.3 is 0 Å². The molecule has 0 heterocycles. The molecule has 4 nitrogen and oxygen atoms in total. The number of rotatable bonds is 9. The summed E-state index contributed by atoms with van der Waals surface area (Å²) in [7, 11) is -8.10. The fourth-order valence-corrected chi connectivity index (χ4v) is 8.49. The van der Waals surface area contributed by atoms with E-state index in [1.54, 1.807) is 48.2 Å². The van der Waals surface area contributed by atoms with Gasteiger partial charge in [-0.15, -0.1) is 11.8 Å². The lowest BCUT2D eigenvalue weighted by Gasteiger charge is -2.18. The average molecular weight is 447 g/mol. The quantitative estimate of drug-likeness (QED) is 0.348. The Labute approximate surface area is 176 Å². The third-order valence-electron chi connectivity index (χ3n) is 4.43. The van der Waals surface area contributed by atoms with E-state index >= 15 is 0 Å². The summed E-state index contributed by atoms with van der Waals surface area (Å²) >= 11 is 1.59. The minimum Gasteiger partial charge on any atom is -0.222 e. The van der Waals surface area contributed by atoms with Crippen molar-refractivity contribution in [2.45, 2.75) is 32.1 Å². The molecule has 0 aliphatic heterocycles. The van der Waals surface area contributed by atoms with E-state index in [4.69, 9.17) is 0 Å². The van der Waals surface area contributed by atoms with Crippen molar-refractivity contribution in [2.75, 3.05) is 5.75 Å². The van der Waals surface area contributed by atoms with Crippen molar-refractivity contribution in [1.29, 1.82) is 0 Å². The molecule has 0 amide bonds. The molecule has 0 aliphatic rings. The molecular weight excluding hydrogens is 424 g/mol. The van der Waals surface area contributed by atoms with Crippen molar-refractivity contribution in [3.05, 3.63) is 91.0 Å². The van der Waals surface area contributed by atoms with Gasteiger partial charge in [-0.25, -0.2) is 16.8 Å². The maximum atomic E-state index is 13.2. The topological polar surface area (TPSA) is 68.3 Å². The van der Waals surface area contributed by atoms with Gasteiger partial charge in [0.15, 0.2) is 24.3 Å². The Morgan fingerprint density at radius 3 is 1.48 bits per heavy atom. The summed E-state index contributed by atoms with van der Waals surface area (Å²) < 4.78 is 51.4. The molecule has 0 aromatic heterocycles. The van der Waals surface area contributed by atoms with Crippen LogP contribution in [-0.4, -0.2) is 27.2 Å². The zero-order chi connectivity index (χ0) is 20.7. The maximum absolute atomic E-state index is 13.2. The molecule has 0 atom stereocenters. The second-order valence-electron chi connectivity index (χ2n) is 6.45. The number of hydrogen-bond acceptors (Lipinski definition) is 5. The molecule has 0 bridgehead atoms. The highest BCUT2D eigenvalue weighted by atomic mass is 32.3. The van der Waals surface area contributed by atoms with Crippen LogP contribution in [0.3, 0.4) is 0 Å². The first-order chi connectivity index (χ1) is 13.9. The lowest BCUT2D eigenvalue weighted by atomic mass is 10.4. The van der Waals surface area contributed by atoms with Crippen LogP contribution in [0.2, 0.25) is 0 Å². The highest BCUT2D eigenvalue weighted by Gasteiger charge is 2.39. The third kappa shape index (κ3) is 5.29. The molecule has 7 heteroatoms. The first-order valence-corrected chi connectivity index (χ1v) is 13.3. The third-order valence-corrected chi connectivity index (χ3v) is 10.8. The minimum absolute atomic E-state index is 0.0280. The molecule has 0 N–H and O–H groups in total. The van der Waals surface area contributed by atoms with E-state index in [-0.39, 0.29) is 16.2 Å². The van der Waals surface area contributed by atoms with Crippen LogP contribution < -0.4 is 0 Å². The zero-order valence-corrected chi connectivity index (χ0v) is 18.2. The highest BCUT2D eigenvalue weighted by Crippen LogP contribution is 2.30. The second-order valence-corrected chi connectivity index (χ2v) is 12.2. The summed E-state index contributed by atoms with van der Waals surface area (Å²) in [6, 6.07) is 25.4. The summed E-state index contributed by atoms with van der Waals surface area (Å²) in [5.41, 5.74) is 0. The average Bonchev–Trinajstić information content (AvgIpc) is 2.75.